The van der Waals surface area contributed by atoms with Gasteiger partial charge in [0.05, 0.1) is 26.4 Å². The van der Waals surface area contributed by atoms with Crippen molar-refractivity contribution in [2.45, 2.75) is 19.4 Å². The van der Waals surface area contributed by atoms with Crippen LogP contribution in [0, 0.1) is 12.7 Å². The van der Waals surface area contributed by atoms with Gasteiger partial charge in [0.15, 0.2) is 0 Å². The number of rotatable bonds is 3. The first-order valence-electron chi connectivity index (χ1n) is 5.71. The van der Waals surface area contributed by atoms with E-state index in [1.54, 1.807) is 16.8 Å². The van der Waals surface area contributed by atoms with Crippen LogP contribution in [0.2, 0.25) is 0 Å². The molecule has 0 saturated heterocycles. The van der Waals surface area contributed by atoms with Crippen LogP contribution in [0.4, 0.5) is 4.39 Å². The standard InChI is InChI=1S/C13H13Br2FN2O/c1-7-13(15)11(18(2)17-7)6-12(19)8-3-4-9(14)10(16)5-8/h3-5,12,19H,6H2,1-2H3. The van der Waals surface area contributed by atoms with E-state index in [2.05, 4.69) is 37.0 Å². The van der Waals surface area contributed by atoms with Gasteiger partial charge in [0.2, 0.25) is 0 Å². The number of hydrogen-bond acceptors (Lipinski definition) is 2. The number of hydrogen-bond donors (Lipinski definition) is 1. The first-order chi connectivity index (χ1) is 8.90. The van der Waals surface area contributed by atoms with Crippen molar-refractivity contribution in [2.24, 2.45) is 7.05 Å². The van der Waals surface area contributed by atoms with E-state index in [1.807, 2.05) is 14.0 Å². The number of aliphatic hydroxyl groups excluding tert-OH is 1. The lowest BCUT2D eigenvalue weighted by Crippen LogP contribution is -2.07. The molecule has 0 aliphatic heterocycles. The number of nitrogens with zero attached hydrogens (tertiary/aromatic N) is 2. The molecule has 1 N–H and O–H groups in total. The lowest BCUT2D eigenvalue weighted by atomic mass is 10.0. The fraction of sp³-hybridized carbons (Fsp3) is 0.308. The maximum Gasteiger partial charge on any atom is 0.137 e. The summed E-state index contributed by atoms with van der Waals surface area (Å²) in [5.74, 6) is -0.378. The first kappa shape index (κ1) is 14.7. The van der Waals surface area contributed by atoms with Crippen molar-refractivity contribution in [2.75, 3.05) is 0 Å². The fourth-order valence-electron chi connectivity index (χ4n) is 1.92. The molecule has 0 bridgehead atoms. The Bertz CT molecular complexity index is 613. The molecule has 1 heterocycles. The third kappa shape index (κ3) is 3.07. The second kappa shape index (κ2) is 5.73. The molecule has 2 rings (SSSR count). The quantitative estimate of drug-likeness (QED) is 0.866. The van der Waals surface area contributed by atoms with Crippen LogP contribution in [-0.2, 0) is 13.5 Å². The Labute approximate surface area is 127 Å². The average Bonchev–Trinajstić information content (AvgIpc) is 2.59. The zero-order valence-corrected chi connectivity index (χ0v) is 13.7. The summed E-state index contributed by atoms with van der Waals surface area (Å²) in [6.45, 7) is 1.89. The van der Waals surface area contributed by atoms with E-state index in [9.17, 15) is 9.50 Å². The highest BCUT2D eigenvalue weighted by Gasteiger charge is 2.17. The van der Waals surface area contributed by atoms with Gasteiger partial charge in [-0.15, -0.1) is 0 Å². The maximum atomic E-state index is 13.5. The molecule has 19 heavy (non-hydrogen) atoms. The van der Waals surface area contributed by atoms with Crippen molar-refractivity contribution in [3.63, 3.8) is 0 Å². The van der Waals surface area contributed by atoms with Crippen LogP contribution in [0.25, 0.3) is 0 Å². The summed E-state index contributed by atoms with van der Waals surface area (Å²) in [5, 5.41) is 14.5. The van der Waals surface area contributed by atoms with Gasteiger partial charge in [-0.1, -0.05) is 6.07 Å². The number of aryl methyl sites for hydroxylation is 2. The fourth-order valence-corrected chi connectivity index (χ4v) is 2.67. The van der Waals surface area contributed by atoms with E-state index < -0.39 is 6.10 Å². The Morgan fingerprint density at radius 3 is 2.63 bits per heavy atom. The van der Waals surface area contributed by atoms with Crippen LogP contribution in [0.15, 0.2) is 27.1 Å². The van der Waals surface area contributed by atoms with Gasteiger partial charge in [0, 0.05) is 13.5 Å². The number of halogens is 3. The average molecular weight is 392 g/mol. The SMILES string of the molecule is Cc1nn(C)c(CC(O)c2ccc(Br)c(F)c2)c1Br. The Kier molecular flexibility index (Phi) is 4.43. The van der Waals surface area contributed by atoms with Crippen molar-refractivity contribution in [1.82, 2.24) is 9.78 Å². The molecule has 0 saturated carbocycles. The summed E-state index contributed by atoms with van der Waals surface area (Å²) in [5.41, 5.74) is 2.30. The van der Waals surface area contributed by atoms with Crippen molar-refractivity contribution in [3.05, 3.63) is 49.9 Å². The van der Waals surface area contributed by atoms with Crippen molar-refractivity contribution < 1.29 is 9.50 Å². The van der Waals surface area contributed by atoms with Gasteiger partial charge in [-0.25, -0.2) is 4.39 Å². The summed E-state index contributed by atoms with van der Waals surface area (Å²) in [6.07, 6.45) is -0.396. The Balaban J connectivity index is 2.25. The van der Waals surface area contributed by atoms with Gasteiger partial charge >= 0.3 is 0 Å². The number of aromatic nitrogens is 2. The summed E-state index contributed by atoms with van der Waals surface area (Å²) in [7, 11) is 1.82. The monoisotopic (exact) mass is 390 g/mol. The van der Waals surface area contributed by atoms with Crippen LogP contribution < -0.4 is 0 Å². The van der Waals surface area contributed by atoms with E-state index >= 15 is 0 Å². The third-order valence-corrected chi connectivity index (χ3v) is 4.65. The molecule has 0 aliphatic rings. The minimum atomic E-state index is -0.770. The summed E-state index contributed by atoms with van der Waals surface area (Å²) in [4.78, 5) is 0. The zero-order valence-electron chi connectivity index (χ0n) is 10.5. The van der Waals surface area contributed by atoms with Crippen LogP contribution in [0.3, 0.4) is 0 Å². The van der Waals surface area contributed by atoms with Gasteiger partial charge in [-0.2, -0.15) is 5.10 Å². The largest absolute Gasteiger partial charge is 0.388 e. The molecule has 3 nitrogen and oxygen atoms in total. The number of benzene rings is 1. The second-order valence-electron chi connectivity index (χ2n) is 4.36. The molecule has 1 unspecified atom stereocenters. The predicted octanol–water partition coefficient (Wildman–Crippen LogP) is 3.67. The molecule has 0 spiro atoms. The normalized spacial score (nSPS) is 12.7. The summed E-state index contributed by atoms with van der Waals surface area (Å²) in [6, 6.07) is 4.64. The summed E-state index contributed by atoms with van der Waals surface area (Å²) < 4.78 is 16.4. The van der Waals surface area contributed by atoms with E-state index in [1.165, 1.54) is 6.07 Å². The molecular weight excluding hydrogens is 379 g/mol. The van der Waals surface area contributed by atoms with Crippen molar-refractivity contribution in [1.29, 1.82) is 0 Å². The van der Waals surface area contributed by atoms with Gasteiger partial charge in [0.1, 0.15) is 5.82 Å². The molecule has 1 aromatic heterocycles. The zero-order chi connectivity index (χ0) is 14.2. The topological polar surface area (TPSA) is 38.0 Å². The van der Waals surface area contributed by atoms with Crippen molar-refractivity contribution in [3.8, 4) is 0 Å². The molecule has 0 aliphatic carbocycles. The van der Waals surface area contributed by atoms with E-state index in [4.69, 9.17) is 0 Å². The molecule has 0 amide bonds. The Hall–Kier alpha value is -0.720. The van der Waals surface area contributed by atoms with Gasteiger partial charge < -0.3 is 5.11 Å². The molecular formula is C13H13Br2FN2O. The molecule has 2 aromatic rings. The van der Waals surface area contributed by atoms with Crippen LogP contribution in [-0.4, -0.2) is 14.9 Å². The number of aliphatic hydroxyl groups is 1. The molecule has 1 aromatic carbocycles. The van der Waals surface area contributed by atoms with Gasteiger partial charge in [-0.05, 0) is 56.5 Å². The van der Waals surface area contributed by atoms with Crippen LogP contribution in [0.1, 0.15) is 23.1 Å². The minimum Gasteiger partial charge on any atom is -0.388 e. The van der Waals surface area contributed by atoms with Crippen molar-refractivity contribution >= 4 is 31.9 Å². The lowest BCUT2D eigenvalue weighted by molar-refractivity contribution is 0.175. The highest BCUT2D eigenvalue weighted by molar-refractivity contribution is 9.10. The second-order valence-corrected chi connectivity index (χ2v) is 6.01. The molecule has 0 fully saturated rings. The van der Waals surface area contributed by atoms with E-state index in [0.717, 1.165) is 15.9 Å². The molecule has 0 radical (unpaired) electrons. The van der Waals surface area contributed by atoms with E-state index in [-0.39, 0.29) is 5.82 Å². The first-order valence-corrected chi connectivity index (χ1v) is 7.29. The highest BCUT2D eigenvalue weighted by Crippen LogP contribution is 2.27. The molecule has 1 atom stereocenters. The van der Waals surface area contributed by atoms with E-state index in [0.29, 0.717) is 16.5 Å². The predicted molar refractivity (Wildman–Crippen MR) is 78.4 cm³/mol. The Morgan fingerprint density at radius 2 is 2.11 bits per heavy atom. The molecule has 102 valence electrons. The maximum absolute atomic E-state index is 13.5. The Morgan fingerprint density at radius 1 is 1.42 bits per heavy atom. The minimum absolute atomic E-state index is 0.374. The lowest BCUT2D eigenvalue weighted by Gasteiger charge is -2.12. The summed E-state index contributed by atoms with van der Waals surface area (Å²) >= 11 is 6.55. The van der Waals surface area contributed by atoms with Gasteiger partial charge in [0.25, 0.3) is 0 Å². The molecule has 6 heteroatoms. The van der Waals surface area contributed by atoms with Crippen LogP contribution >= 0.6 is 31.9 Å². The smallest absolute Gasteiger partial charge is 0.137 e. The third-order valence-electron chi connectivity index (χ3n) is 2.98. The van der Waals surface area contributed by atoms with Gasteiger partial charge in [-0.3, -0.25) is 4.68 Å². The van der Waals surface area contributed by atoms with Crippen LogP contribution in [0.5, 0.6) is 0 Å². The highest BCUT2D eigenvalue weighted by atomic mass is 79.9.